The summed E-state index contributed by atoms with van der Waals surface area (Å²) >= 11 is 0. The highest BCUT2D eigenvalue weighted by molar-refractivity contribution is 6.06. The molecule has 63 heavy (non-hydrogen) atoms. The van der Waals surface area contributed by atoms with E-state index in [1.807, 2.05) is 18.2 Å². The molecule has 0 spiro atoms. The maximum atomic E-state index is 5.31. The fourth-order valence-electron chi connectivity index (χ4n) is 10.1. The first-order valence-corrected chi connectivity index (χ1v) is 21.6. The zero-order valence-electron chi connectivity index (χ0n) is 34.5. The molecule has 294 valence electrons. The van der Waals surface area contributed by atoms with E-state index in [0.29, 0.717) is 5.82 Å². The molecule has 1 aromatic heterocycles. The Morgan fingerprint density at radius 2 is 0.762 bits per heavy atom. The smallest absolute Gasteiger partial charge is 0.160 e. The summed E-state index contributed by atoms with van der Waals surface area (Å²) in [5.41, 5.74) is 16.7. The molecule has 0 atom stereocenters. The zero-order valence-corrected chi connectivity index (χ0v) is 34.5. The van der Waals surface area contributed by atoms with Gasteiger partial charge in [0.2, 0.25) is 0 Å². The second-order valence-electron chi connectivity index (χ2n) is 16.4. The van der Waals surface area contributed by atoms with Gasteiger partial charge in [-0.2, -0.15) is 0 Å². The Balaban J connectivity index is 1.06. The van der Waals surface area contributed by atoms with Crippen LogP contribution in [0.3, 0.4) is 0 Å². The van der Waals surface area contributed by atoms with Gasteiger partial charge in [0.15, 0.2) is 5.82 Å². The van der Waals surface area contributed by atoms with Crippen LogP contribution in [0.15, 0.2) is 243 Å². The van der Waals surface area contributed by atoms with E-state index in [0.717, 1.165) is 44.6 Å². The van der Waals surface area contributed by atoms with Gasteiger partial charge in [0.1, 0.15) is 0 Å². The van der Waals surface area contributed by atoms with Gasteiger partial charge in [-0.05, 0) is 101 Å². The topological polar surface area (TPSA) is 25.8 Å². The summed E-state index contributed by atoms with van der Waals surface area (Å²) in [5, 5.41) is 4.80. The van der Waals surface area contributed by atoms with Crippen LogP contribution in [0, 0.1) is 0 Å². The Kier molecular flexibility index (Phi) is 8.76. The van der Waals surface area contributed by atoms with Crippen LogP contribution < -0.4 is 0 Å². The van der Waals surface area contributed by atoms with Gasteiger partial charge in [-0.1, -0.05) is 218 Å². The molecule has 1 aliphatic rings. The average molecular weight is 801 g/mol. The number of aromatic nitrogens is 2. The minimum atomic E-state index is -0.484. The van der Waals surface area contributed by atoms with Crippen LogP contribution in [-0.2, 0) is 5.41 Å². The van der Waals surface area contributed by atoms with Crippen LogP contribution in [0.5, 0.6) is 0 Å². The molecule has 0 saturated carbocycles. The van der Waals surface area contributed by atoms with Gasteiger partial charge in [-0.25, -0.2) is 9.97 Å². The molecule has 1 aliphatic carbocycles. The van der Waals surface area contributed by atoms with Gasteiger partial charge in [-0.3, -0.25) is 0 Å². The molecule has 2 nitrogen and oxygen atoms in total. The van der Waals surface area contributed by atoms with Gasteiger partial charge < -0.3 is 0 Å². The third-order valence-electron chi connectivity index (χ3n) is 13.0. The Bertz CT molecular complexity index is 3450. The highest BCUT2D eigenvalue weighted by Gasteiger charge is 2.46. The molecule has 10 aromatic carbocycles. The number of rotatable bonds is 7. The maximum Gasteiger partial charge on any atom is 0.160 e. The lowest BCUT2D eigenvalue weighted by Gasteiger charge is -2.34. The van der Waals surface area contributed by atoms with Gasteiger partial charge in [0.05, 0.1) is 16.8 Å². The molecule has 0 bridgehead atoms. The predicted octanol–water partition coefficient (Wildman–Crippen LogP) is 15.5. The van der Waals surface area contributed by atoms with Crippen molar-refractivity contribution in [2.75, 3.05) is 0 Å². The molecule has 0 fully saturated rings. The molecule has 0 unspecified atom stereocenters. The largest absolute Gasteiger partial charge is 0.228 e. The Morgan fingerprint density at radius 1 is 0.270 bits per heavy atom. The SMILES string of the molecule is c1ccc(-c2nc(-c3ccccc3-c3ccccc3)cc(-c3ccc(-c4ccc5c(c4)-c4cc6ccccc6cc4C5(c4ccccc4)c4ccccc4)c4ccccc34)n2)cc1. The van der Waals surface area contributed by atoms with Crippen molar-refractivity contribution < 1.29 is 0 Å². The lowest BCUT2D eigenvalue weighted by molar-refractivity contribution is 0.769. The van der Waals surface area contributed by atoms with Crippen molar-refractivity contribution in [1.82, 2.24) is 9.97 Å². The van der Waals surface area contributed by atoms with Gasteiger partial charge >= 0.3 is 0 Å². The highest BCUT2D eigenvalue weighted by Crippen LogP contribution is 2.57. The van der Waals surface area contributed by atoms with E-state index in [-0.39, 0.29) is 0 Å². The number of fused-ring (bicyclic) bond motifs is 5. The molecular weight excluding hydrogens is 761 g/mol. The monoisotopic (exact) mass is 800 g/mol. The second-order valence-corrected chi connectivity index (χ2v) is 16.4. The van der Waals surface area contributed by atoms with Crippen molar-refractivity contribution in [2.45, 2.75) is 5.41 Å². The quantitative estimate of drug-likeness (QED) is 0.160. The van der Waals surface area contributed by atoms with E-state index < -0.39 is 5.41 Å². The predicted molar refractivity (Wildman–Crippen MR) is 262 cm³/mol. The molecule has 2 heteroatoms. The molecule has 0 amide bonds. The average Bonchev–Trinajstić information content (AvgIpc) is 3.65. The summed E-state index contributed by atoms with van der Waals surface area (Å²) in [6, 6.07) is 87.8. The first-order valence-electron chi connectivity index (χ1n) is 21.6. The van der Waals surface area contributed by atoms with E-state index in [4.69, 9.17) is 9.97 Å². The first kappa shape index (κ1) is 36.6. The van der Waals surface area contributed by atoms with Crippen LogP contribution >= 0.6 is 0 Å². The summed E-state index contributed by atoms with van der Waals surface area (Å²) in [5.74, 6) is 0.698. The van der Waals surface area contributed by atoms with E-state index in [2.05, 4.69) is 224 Å². The van der Waals surface area contributed by atoms with Crippen LogP contribution in [0.25, 0.3) is 88.8 Å². The van der Waals surface area contributed by atoms with Crippen molar-refractivity contribution in [3.05, 3.63) is 265 Å². The standard InChI is InChI=1S/C61H40N2/c1-5-19-41(20-6-1)48-29-15-18-32-52(48)58-40-59(63-60(62-58)42-21-7-2-8-22-42)53-35-34-49(50-30-16-17-31-51(50)53)45-33-36-56-54(38-45)55-37-43-23-13-14-24-44(43)39-57(55)61(56,46-25-9-3-10-26-46)47-27-11-4-12-28-47/h1-40H. The first-order chi connectivity index (χ1) is 31.2. The Morgan fingerprint density at radius 3 is 1.43 bits per heavy atom. The van der Waals surface area contributed by atoms with Gasteiger partial charge in [0.25, 0.3) is 0 Å². The third-order valence-corrected chi connectivity index (χ3v) is 13.0. The fourth-order valence-corrected chi connectivity index (χ4v) is 10.1. The molecule has 0 radical (unpaired) electrons. The normalized spacial score (nSPS) is 12.6. The van der Waals surface area contributed by atoms with Crippen molar-refractivity contribution >= 4 is 21.5 Å². The third kappa shape index (κ3) is 6.02. The molecule has 12 rings (SSSR count). The summed E-state index contributed by atoms with van der Waals surface area (Å²) < 4.78 is 0. The molecular formula is C61H40N2. The minimum absolute atomic E-state index is 0.484. The van der Waals surface area contributed by atoms with Gasteiger partial charge in [0, 0.05) is 16.7 Å². The Hall–Kier alpha value is -8.20. The van der Waals surface area contributed by atoms with Crippen LogP contribution in [-0.4, -0.2) is 9.97 Å². The molecule has 11 aromatic rings. The van der Waals surface area contributed by atoms with E-state index >= 15 is 0 Å². The number of nitrogens with zero attached hydrogens (tertiary/aromatic N) is 2. The van der Waals surface area contributed by atoms with E-state index in [1.54, 1.807) is 0 Å². The minimum Gasteiger partial charge on any atom is -0.228 e. The molecule has 0 saturated heterocycles. The fraction of sp³-hybridized carbons (Fsp3) is 0.0164. The lowest BCUT2D eigenvalue weighted by atomic mass is 9.67. The lowest BCUT2D eigenvalue weighted by Crippen LogP contribution is -2.28. The van der Waals surface area contributed by atoms with Crippen molar-refractivity contribution in [3.63, 3.8) is 0 Å². The molecule has 0 N–H and O–H groups in total. The van der Waals surface area contributed by atoms with Crippen molar-refractivity contribution in [1.29, 1.82) is 0 Å². The summed E-state index contributed by atoms with van der Waals surface area (Å²) in [4.78, 5) is 10.6. The van der Waals surface area contributed by atoms with Crippen molar-refractivity contribution in [3.8, 4) is 67.3 Å². The van der Waals surface area contributed by atoms with Crippen LogP contribution in [0.4, 0.5) is 0 Å². The van der Waals surface area contributed by atoms with Crippen LogP contribution in [0.1, 0.15) is 22.3 Å². The summed E-state index contributed by atoms with van der Waals surface area (Å²) in [6.45, 7) is 0. The number of hydrogen-bond donors (Lipinski definition) is 0. The molecule has 1 heterocycles. The van der Waals surface area contributed by atoms with E-state index in [9.17, 15) is 0 Å². The molecule has 0 aliphatic heterocycles. The van der Waals surface area contributed by atoms with Gasteiger partial charge in [-0.15, -0.1) is 0 Å². The highest BCUT2D eigenvalue weighted by atomic mass is 14.9. The Labute approximate surface area is 367 Å². The zero-order chi connectivity index (χ0) is 41.7. The summed E-state index contributed by atoms with van der Waals surface area (Å²) in [7, 11) is 0. The van der Waals surface area contributed by atoms with Crippen LogP contribution in [0.2, 0.25) is 0 Å². The van der Waals surface area contributed by atoms with Crippen molar-refractivity contribution in [2.24, 2.45) is 0 Å². The van der Waals surface area contributed by atoms with E-state index in [1.165, 1.54) is 60.7 Å². The number of hydrogen-bond acceptors (Lipinski definition) is 2. The number of benzene rings is 10. The summed E-state index contributed by atoms with van der Waals surface area (Å²) in [6.07, 6.45) is 0. The maximum absolute atomic E-state index is 5.31. The second kappa shape index (κ2) is 15.1.